The summed E-state index contributed by atoms with van der Waals surface area (Å²) in [7, 11) is 0. The fraction of sp³-hybridized carbons (Fsp3) is 0.192. The molecule has 0 fully saturated rings. The Morgan fingerprint density at radius 2 is 1.78 bits per heavy atom. The van der Waals surface area contributed by atoms with Crippen LogP contribution in [0.15, 0.2) is 72.8 Å². The molecule has 1 N–H and O–H groups in total. The molecule has 0 saturated carbocycles. The van der Waals surface area contributed by atoms with Gasteiger partial charge >= 0.3 is 0 Å². The van der Waals surface area contributed by atoms with Gasteiger partial charge in [0.1, 0.15) is 17.9 Å². The summed E-state index contributed by atoms with van der Waals surface area (Å²) in [6.07, 6.45) is 1.21. The summed E-state index contributed by atoms with van der Waals surface area (Å²) >= 11 is 0. The predicted octanol–water partition coefficient (Wildman–Crippen LogP) is 4.23. The lowest BCUT2D eigenvalue weighted by atomic mass is 9.95. The molecule has 6 nitrogen and oxygen atoms in total. The minimum atomic E-state index is -0.659. The van der Waals surface area contributed by atoms with Crippen LogP contribution in [0.5, 0.6) is 5.75 Å². The van der Waals surface area contributed by atoms with Gasteiger partial charge in [0.2, 0.25) is 5.91 Å². The third-order valence-corrected chi connectivity index (χ3v) is 5.50. The number of amides is 2. The number of hydrogen-bond donors (Lipinski definition) is 1. The van der Waals surface area contributed by atoms with Gasteiger partial charge in [0.15, 0.2) is 6.61 Å². The molecule has 4 rings (SSSR count). The van der Waals surface area contributed by atoms with Crippen molar-refractivity contribution < 1.29 is 14.3 Å². The Bertz CT molecular complexity index is 1180. The SMILES string of the molecule is Cc1ccc(NC(=O)C2CCc3ccccc3N2C(=O)COc2ccccc2C#N)cc1. The molecular weight excluding hydrogens is 402 g/mol. The van der Waals surface area contributed by atoms with Crippen molar-refractivity contribution >= 4 is 23.2 Å². The van der Waals surface area contributed by atoms with E-state index in [1.807, 2.05) is 55.5 Å². The number of benzene rings is 3. The van der Waals surface area contributed by atoms with E-state index in [2.05, 4.69) is 11.4 Å². The predicted molar refractivity (Wildman–Crippen MR) is 122 cm³/mol. The van der Waals surface area contributed by atoms with E-state index in [1.165, 1.54) is 4.90 Å². The van der Waals surface area contributed by atoms with Gasteiger partial charge in [-0.05, 0) is 55.7 Å². The molecule has 6 heteroatoms. The van der Waals surface area contributed by atoms with E-state index in [0.717, 1.165) is 11.1 Å². The number of aryl methyl sites for hydroxylation is 2. The number of fused-ring (bicyclic) bond motifs is 1. The van der Waals surface area contributed by atoms with Crippen molar-refractivity contribution in [2.45, 2.75) is 25.8 Å². The van der Waals surface area contributed by atoms with Gasteiger partial charge in [-0.1, -0.05) is 48.0 Å². The molecule has 160 valence electrons. The number of carbonyl (C=O) groups excluding carboxylic acids is 2. The Kier molecular flexibility index (Phi) is 6.18. The zero-order valence-corrected chi connectivity index (χ0v) is 17.7. The molecule has 0 aromatic heterocycles. The minimum Gasteiger partial charge on any atom is -0.482 e. The van der Waals surface area contributed by atoms with E-state index in [0.29, 0.717) is 35.5 Å². The second-order valence-corrected chi connectivity index (χ2v) is 7.70. The van der Waals surface area contributed by atoms with Crippen molar-refractivity contribution in [2.24, 2.45) is 0 Å². The number of nitrogens with one attached hydrogen (secondary N) is 1. The fourth-order valence-electron chi connectivity index (χ4n) is 3.86. The van der Waals surface area contributed by atoms with Crippen molar-refractivity contribution in [2.75, 3.05) is 16.8 Å². The summed E-state index contributed by atoms with van der Waals surface area (Å²) in [6, 6.07) is 23.3. The average Bonchev–Trinajstić information content (AvgIpc) is 2.83. The quantitative estimate of drug-likeness (QED) is 0.663. The van der Waals surface area contributed by atoms with E-state index in [4.69, 9.17) is 4.74 Å². The number of carbonyl (C=O) groups is 2. The van der Waals surface area contributed by atoms with Gasteiger partial charge in [0.25, 0.3) is 5.91 Å². The number of ether oxygens (including phenoxy) is 1. The summed E-state index contributed by atoms with van der Waals surface area (Å²) in [5, 5.41) is 12.2. The first-order chi connectivity index (χ1) is 15.6. The third kappa shape index (κ3) is 4.47. The van der Waals surface area contributed by atoms with Crippen LogP contribution >= 0.6 is 0 Å². The molecule has 3 aromatic rings. The monoisotopic (exact) mass is 425 g/mol. The molecule has 1 heterocycles. The van der Waals surface area contributed by atoms with Crippen LogP contribution in [0.1, 0.15) is 23.1 Å². The summed E-state index contributed by atoms with van der Waals surface area (Å²) in [6.45, 7) is 1.70. The van der Waals surface area contributed by atoms with Crippen molar-refractivity contribution in [3.05, 3.63) is 89.5 Å². The van der Waals surface area contributed by atoms with Crippen molar-refractivity contribution in [1.29, 1.82) is 5.26 Å². The fourth-order valence-corrected chi connectivity index (χ4v) is 3.86. The topological polar surface area (TPSA) is 82.4 Å². The summed E-state index contributed by atoms with van der Waals surface area (Å²) in [5.41, 5.74) is 3.86. The zero-order chi connectivity index (χ0) is 22.5. The van der Waals surface area contributed by atoms with Gasteiger partial charge in [-0.15, -0.1) is 0 Å². The van der Waals surface area contributed by atoms with Crippen LogP contribution in [0.25, 0.3) is 0 Å². The second-order valence-electron chi connectivity index (χ2n) is 7.70. The van der Waals surface area contributed by atoms with Crippen LogP contribution in [0.3, 0.4) is 0 Å². The standard InChI is InChI=1S/C26H23N3O3/c1-18-10-13-21(14-11-18)28-26(31)23-15-12-19-6-2-4-8-22(19)29(23)25(30)17-32-24-9-5-3-7-20(24)16-27/h2-11,13-14,23H,12,15,17H2,1H3,(H,28,31). The largest absolute Gasteiger partial charge is 0.482 e. The maximum atomic E-state index is 13.3. The Balaban J connectivity index is 1.57. The molecule has 0 saturated heterocycles. The van der Waals surface area contributed by atoms with Gasteiger partial charge < -0.3 is 10.1 Å². The van der Waals surface area contributed by atoms with E-state index < -0.39 is 6.04 Å². The van der Waals surface area contributed by atoms with Crippen molar-refractivity contribution in [1.82, 2.24) is 0 Å². The molecule has 1 unspecified atom stereocenters. The maximum Gasteiger partial charge on any atom is 0.265 e. The number of hydrogen-bond acceptors (Lipinski definition) is 4. The number of para-hydroxylation sites is 2. The minimum absolute atomic E-state index is 0.242. The smallest absolute Gasteiger partial charge is 0.265 e. The Hall–Kier alpha value is -4.11. The number of nitrogens with zero attached hydrogens (tertiary/aromatic N) is 2. The highest BCUT2D eigenvalue weighted by molar-refractivity contribution is 6.06. The van der Waals surface area contributed by atoms with Crippen LogP contribution in [-0.4, -0.2) is 24.5 Å². The van der Waals surface area contributed by atoms with Gasteiger partial charge in [-0.25, -0.2) is 0 Å². The Morgan fingerprint density at radius 1 is 1.06 bits per heavy atom. The molecule has 0 bridgehead atoms. The molecule has 1 atom stereocenters. The normalized spacial score (nSPS) is 14.8. The van der Waals surface area contributed by atoms with E-state index in [-0.39, 0.29) is 18.4 Å². The average molecular weight is 425 g/mol. The number of nitriles is 1. The molecule has 32 heavy (non-hydrogen) atoms. The van der Waals surface area contributed by atoms with Gasteiger partial charge in [0, 0.05) is 11.4 Å². The van der Waals surface area contributed by atoms with Crippen molar-refractivity contribution in [3.63, 3.8) is 0 Å². The van der Waals surface area contributed by atoms with E-state index in [1.54, 1.807) is 24.3 Å². The number of rotatable bonds is 5. The summed E-state index contributed by atoms with van der Waals surface area (Å²) < 4.78 is 5.67. The molecule has 0 aliphatic carbocycles. The van der Waals surface area contributed by atoms with Crippen LogP contribution in [0, 0.1) is 18.3 Å². The molecule has 2 amide bonds. The van der Waals surface area contributed by atoms with Crippen LogP contribution in [-0.2, 0) is 16.0 Å². The van der Waals surface area contributed by atoms with Gasteiger partial charge in [-0.2, -0.15) is 5.26 Å². The summed E-state index contributed by atoms with van der Waals surface area (Å²) in [4.78, 5) is 28.0. The summed E-state index contributed by atoms with van der Waals surface area (Å²) in [5.74, 6) is -0.239. The zero-order valence-electron chi connectivity index (χ0n) is 17.7. The lowest BCUT2D eigenvalue weighted by Gasteiger charge is -2.36. The first kappa shape index (κ1) is 21.1. The molecule has 0 radical (unpaired) electrons. The maximum absolute atomic E-state index is 13.3. The molecular formula is C26H23N3O3. The Morgan fingerprint density at radius 3 is 2.56 bits per heavy atom. The van der Waals surface area contributed by atoms with Crippen LogP contribution < -0.4 is 15.0 Å². The Labute approximate surface area is 187 Å². The van der Waals surface area contributed by atoms with Crippen molar-refractivity contribution in [3.8, 4) is 11.8 Å². The van der Waals surface area contributed by atoms with E-state index >= 15 is 0 Å². The first-order valence-electron chi connectivity index (χ1n) is 10.5. The first-order valence-corrected chi connectivity index (χ1v) is 10.5. The van der Waals surface area contributed by atoms with Crippen LogP contribution in [0.2, 0.25) is 0 Å². The third-order valence-electron chi connectivity index (χ3n) is 5.50. The highest BCUT2D eigenvalue weighted by atomic mass is 16.5. The highest BCUT2D eigenvalue weighted by Crippen LogP contribution is 2.31. The highest BCUT2D eigenvalue weighted by Gasteiger charge is 2.35. The molecule has 0 spiro atoms. The molecule has 1 aliphatic heterocycles. The lowest BCUT2D eigenvalue weighted by molar-refractivity contribution is -0.125. The lowest BCUT2D eigenvalue weighted by Crippen LogP contribution is -2.51. The van der Waals surface area contributed by atoms with Crippen LogP contribution in [0.4, 0.5) is 11.4 Å². The second kappa shape index (κ2) is 9.36. The molecule has 3 aromatic carbocycles. The van der Waals surface area contributed by atoms with Gasteiger partial charge in [0.05, 0.1) is 5.56 Å². The number of anilines is 2. The van der Waals surface area contributed by atoms with E-state index in [9.17, 15) is 14.9 Å². The van der Waals surface area contributed by atoms with Gasteiger partial charge in [-0.3, -0.25) is 14.5 Å². The molecule has 1 aliphatic rings.